The molecule has 2 heterocycles. The summed E-state index contributed by atoms with van der Waals surface area (Å²) in [6, 6.07) is 9.77. The lowest BCUT2D eigenvalue weighted by Crippen LogP contribution is -2.13. The standard InChI is InChI=1S/C14H14N4O/c19-14-16-7-8-18(14)13-3-1-12(2-4-13)17-10-11-5-6-15-9-11/h1-9,15,17H,10H2,(H,16,19). The fourth-order valence-electron chi connectivity index (χ4n) is 1.94. The quantitative estimate of drug-likeness (QED) is 0.667. The van der Waals surface area contributed by atoms with Crippen LogP contribution < -0.4 is 11.0 Å². The molecule has 0 aliphatic carbocycles. The molecule has 19 heavy (non-hydrogen) atoms. The van der Waals surface area contributed by atoms with Crippen molar-refractivity contribution in [2.75, 3.05) is 5.32 Å². The zero-order chi connectivity index (χ0) is 13.1. The number of aromatic nitrogens is 3. The van der Waals surface area contributed by atoms with Gasteiger partial charge in [0.15, 0.2) is 0 Å². The molecule has 0 saturated carbocycles. The van der Waals surface area contributed by atoms with E-state index in [1.165, 1.54) is 5.56 Å². The predicted molar refractivity (Wildman–Crippen MR) is 74.5 cm³/mol. The van der Waals surface area contributed by atoms with Crippen LogP contribution in [0.1, 0.15) is 5.56 Å². The van der Waals surface area contributed by atoms with Gasteiger partial charge in [-0.2, -0.15) is 0 Å². The molecule has 3 aromatic rings. The highest BCUT2D eigenvalue weighted by Crippen LogP contribution is 2.13. The molecule has 0 amide bonds. The molecule has 0 aliphatic heterocycles. The minimum atomic E-state index is -0.131. The largest absolute Gasteiger partial charge is 0.381 e. The van der Waals surface area contributed by atoms with Gasteiger partial charge in [-0.1, -0.05) is 0 Å². The zero-order valence-corrected chi connectivity index (χ0v) is 10.3. The summed E-state index contributed by atoms with van der Waals surface area (Å²) in [4.78, 5) is 17.1. The Labute approximate surface area is 109 Å². The molecule has 0 fully saturated rings. The summed E-state index contributed by atoms with van der Waals surface area (Å²) in [5, 5.41) is 3.32. The number of rotatable bonds is 4. The molecule has 0 saturated heterocycles. The molecule has 1 aromatic carbocycles. The summed E-state index contributed by atoms with van der Waals surface area (Å²) in [6.45, 7) is 0.771. The van der Waals surface area contributed by atoms with Crippen LogP contribution >= 0.6 is 0 Å². The highest BCUT2D eigenvalue weighted by atomic mass is 16.1. The van der Waals surface area contributed by atoms with Crippen LogP contribution in [0.5, 0.6) is 0 Å². The van der Waals surface area contributed by atoms with E-state index in [-0.39, 0.29) is 5.69 Å². The molecule has 2 aromatic heterocycles. The van der Waals surface area contributed by atoms with E-state index < -0.39 is 0 Å². The highest BCUT2D eigenvalue weighted by molar-refractivity contribution is 5.49. The fourth-order valence-corrected chi connectivity index (χ4v) is 1.94. The first kappa shape index (κ1) is 11.4. The minimum Gasteiger partial charge on any atom is -0.381 e. The van der Waals surface area contributed by atoms with Crippen LogP contribution in [-0.4, -0.2) is 14.5 Å². The molecule has 0 radical (unpaired) electrons. The van der Waals surface area contributed by atoms with Crippen LogP contribution in [0.3, 0.4) is 0 Å². The molecule has 5 nitrogen and oxygen atoms in total. The van der Waals surface area contributed by atoms with E-state index in [9.17, 15) is 4.79 Å². The lowest BCUT2D eigenvalue weighted by Gasteiger charge is -2.06. The number of benzene rings is 1. The van der Waals surface area contributed by atoms with Gasteiger partial charge in [0.1, 0.15) is 0 Å². The maximum absolute atomic E-state index is 11.5. The highest BCUT2D eigenvalue weighted by Gasteiger charge is 2.00. The summed E-state index contributed by atoms with van der Waals surface area (Å²) >= 11 is 0. The lowest BCUT2D eigenvalue weighted by molar-refractivity contribution is 0.987. The van der Waals surface area contributed by atoms with Gasteiger partial charge < -0.3 is 15.3 Å². The van der Waals surface area contributed by atoms with Crippen molar-refractivity contribution in [3.63, 3.8) is 0 Å². The van der Waals surface area contributed by atoms with E-state index in [1.54, 1.807) is 17.0 Å². The predicted octanol–water partition coefficient (Wildman–Crippen LogP) is 2.11. The van der Waals surface area contributed by atoms with Gasteiger partial charge in [0.25, 0.3) is 0 Å². The summed E-state index contributed by atoms with van der Waals surface area (Å²) in [6.07, 6.45) is 7.20. The maximum atomic E-state index is 11.5. The van der Waals surface area contributed by atoms with Crippen LogP contribution in [0.2, 0.25) is 0 Å². The molecular weight excluding hydrogens is 240 g/mol. The van der Waals surface area contributed by atoms with E-state index >= 15 is 0 Å². The minimum absolute atomic E-state index is 0.131. The van der Waals surface area contributed by atoms with Crippen molar-refractivity contribution in [1.29, 1.82) is 0 Å². The van der Waals surface area contributed by atoms with Crippen molar-refractivity contribution < 1.29 is 0 Å². The third-order valence-corrected chi connectivity index (χ3v) is 2.95. The third-order valence-electron chi connectivity index (χ3n) is 2.95. The maximum Gasteiger partial charge on any atom is 0.330 e. The normalized spacial score (nSPS) is 10.5. The van der Waals surface area contributed by atoms with E-state index in [2.05, 4.69) is 15.3 Å². The van der Waals surface area contributed by atoms with E-state index in [0.717, 1.165) is 17.9 Å². The topological polar surface area (TPSA) is 65.6 Å². The van der Waals surface area contributed by atoms with Crippen LogP contribution in [0.15, 0.2) is 59.9 Å². The summed E-state index contributed by atoms with van der Waals surface area (Å²) < 4.78 is 1.57. The van der Waals surface area contributed by atoms with E-state index in [1.807, 2.05) is 42.7 Å². The Morgan fingerprint density at radius 2 is 1.95 bits per heavy atom. The summed E-state index contributed by atoms with van der Waals surface area (Å²) in [7, 11) is 0. The molecule has 3 rings (SSSR count). The molecule has 5 heteroatoms. The fraction of sp³-hybridized carbons (Fsp3) is 0.0714. The number of imidazole rings is 1. The second kappa shape index (κ2) is 4.89. The number of hydrogen-bond acceptors (Lipinski definition) is 2. The summed E-state index contributed by atoms with van der Waals surface area (Å²) in [5.41, 5.74) is 2.94. The first-order chi connectivity index (χ1) is 9.33. The SMILES string of the molecule is O=c1[nH]ccn1-c1ccc(NCc2cc[nH]c2)cc1. The molecule has 0 spiro atoms. The number of hydrogen-bond donors (Lipinski definition) is 3. The van der Waals surface area contributed by atoms with Gasteiger partial charge >= 0.3 is 5.69 Å². The first-order valence-electron chi connectivity index (χ1n) is 6.05. The molecular formula is C14H14N4O. The smallest absolute Gasteiger partial charge is 0.330 e. The van der Waals surface area contributed by atoms with Gasteiger partial charge in [0.05, 0.1) is 5.69 Å². The number of H-pyrrole nitrogens is 2. The third kappa shape index (κ3) is 2.44. The van der Waals surface area contributed by atoms with Crippen molar-refractivity contribution in [3.05, 3.63) is 71.2 Å². The van der Waals surface area contributed by atoms with Gasteiger partial charge in [0, 0.05) is 37.0 Å². The van der Waals surface area contributed by atoms with Gasteiger partial charge in [-0.3, -0.25) is 4.57 Å². The molecule has 0 aliphatic rings. The van der Waals surface area contributed by atoms with Crippen molar-refractivity contribution in [3.8, 4) is 5.69 Å². The van der Waals surface area contributed by atoms with Gasteiger partial charge in [-0.05, 0) is 35.9 Å². The second-order valence-electron chi connectivity index (χ2n) is 4.25. The average molecular weight is 254 g/mol. The van der Waals surface area contributed by atoms with Crippen molar-refractivity contribution in [2.24, 2.45) is 0 Å². The number of anilines is 1. The molecule has 3 N–H and O–H groups in total. The Kier molecular flexibility index (Phi) is 2.94. The number of nitrogens with one attached hydrogen (secondary N) is 3. The Bertz CT molecular complexity index is 692. The Morgan fingerprint density at radius 1 is 1.11 bits per heavy atom. The first-order valence-corrected chi connectivity index (χ1v) is 6.05. The lowest BCUT2D eigenvalue weighted by atomic mass is 10.2. The molecule has 0 atom stereocenters. The second-order valence-corrected chi connectivity index (χ2v) is 4.25. The Balaban J connectivity index is 1.72. The monoisotopic (exact) mass is 254 g/mol. The van der Waals surface area contributed by atoms with Gasteiger partial charge in [-0.25, -0.2) is 4.79 Å². The summed E-state index contributed by atoms with van der Waals surface area (Å²) in [5.74, 6) is 0. The Hall–Kier alpha value is -2.69. The van der Waals surface area contributed by atoms with E-state index in [4.69, 9.17) is 0 Å². The number of aromatic amines is 2. The van der Waals surface area contributed by atoms with Gasteiger partial charge in [-0.15, -0.1) is 0 Å². The van der Waals surface area contributed by atoms with Crippen LogP contribution in [0, 0.1) is 0 Å². The number of nitrogens with zero attached hydrogens (tertiary/aromatic N) is 1. The molecule has 0 bridgehead atoms. The van der Waals surface area contributed by atoms with Crippen molar-refractivity contribution in [2.45, 2.75) is 6.54 Å². The van der Waals surface area contributed by atoms with E-state index in [0.29, 0.717) is 0 Å². The van der Waals surface area contributed by atoms with Crippen molar-refractivity contribution >= 4 is 5.69 Å². The molecule has 0 unspecified atom stereocenters. The van der Waals surface area contributed by atoms with Crippen LogP contribution in [-0.2, 0) is 6.54 Å². The van der Waals surface area contributed by atoms with Gasteiger partial charge in [0.2, 0.25) is 0 Å². The van der Waals surface area contributed by atoms with Crippen molar-refractivity contribution in [1.82, 2.24) is 14.5 Å². The Morgan fingerprint density at radius 3 is 2.58 bits per heavy atom. The van der Waals surface area contributed by atoms with Crippen LogP contribution in [0.25, 0.3) is 5.69 Å². The zero-order valence-electron chi connectivity index (χ0n) is 10.3. The molecule has 96 valence electrons. The van der Waals surface area contributed by atoms with Crippen LogP contribution in [0.4, 0.5) is 5.69 Å². The average Bonchev–Trinajstić information content (AvgIpc) is 3.08.